The molecule has 0 radical (unpaired) electrons. The summed E-state index contributed by atoms with van der Waals surface area (Å²) in [7, 11) is -3.58. The van der Waals surface area contributed by atoms with Crippen LogP contribution in [0.4, 0.5) is 13.2 Å². The van der Waals surface area contributed by atoms with Gasteiger partial charge in [0.25, 0.3) is 5.91 Å². The van der Waals surface area contributed by atoms with E-state index >= 15 is 0 Å². The normalized spacial score (nSPS) is 15.3. The zero-order valence-electron chi connectivity index (χ0n) is 24.3. The number of ether oxygens (including phenoxy) is 1. The van der Waals surface area contributed by atoms with Gasteiger partial charge in [0.2, 0.25) is 15.9 Å². The van der Waals surface area contributed by atoms with Gasteiger partial charge < -0.3 is 9.57 Å². The molecule has 12 nitrogen and oxygen atoms in total. The number of para-hydroxylation sites is 1. The molecule has 0 aliphatic carbocycles. The van der Waals surface area contributed by atoms with E-state index in [-0.39, 0.29) is 43.2 Å². The number of nitrogens with zero attached hydrogens (tertiary/aromatic N) is 3. The molecular weight excluding hydrogens is 621 g/mol. The van der Waals surface area contributed by atoms with E-state index in [9.17, 15) is 36.0 Å². The van der Waals surface area contributed by atoms with Crippen LogP contribution in [-0.2, 0) is 31.1 Å². The molecule has 3 aromatic rings. The minimum absolute atomic E-state index is 0.0275. The number of halogens is 3. The number of carbonyl (C=O) groups is 3. The molecule has 2 aromatic carbocycles. The highest BCUT2D eigenvalue weighted by Crippen LogP contribution is 2.31. The summed E-state index contributed by atoms with van der Waals surface area (Å²) in [6, 6.07) is 13.2. The summed E-state index contributed by atoms with van der Waals surface area (Å²) in [6.45, 7) is 1.90. The van der Waals surface area contributed by atoms with Crippen molar-refractivity contribution in [1.29, 1.82) is 0 Å². The number of benzene rings is 2. The maximum Gasteiger partial charge on any atom is 0.493 e. The molecule has 2 amide bonds. The van der Waals surface area contributed by atoms with Gasteiger partial charge in [0.1, 0.15) is 12.4 Å². The number of aryl methyl sites for hydroxylation is 1. The lowest BCUT2D eigenvalue weighted by Crippen LogP contribution is -2.52. The molecular formula is C29H31F3N4O8S. The fraction of sp³-hybridized carbons (Fsp3) is 0.379. The number of hydroxylamine groups is 3. The number of nitrogens with one attached hydrogen (secondary N) is 1. The van der Waals surface area contributed by atoms with Crippen molar-refractivity contribution in [2.45, 2.75) is 45.0 Å². The highest BCUT2D eigenvalue weighted by molar-refractivity contribution is 7.88. The van der Waals surface area contributed by atoms with Crippen molar-refractivity contribution in [2.24, 2.45) is 5.92 Å². The van der Waals surface area contributed by atoms with Gasteiger partial charge >= 0.3 is 12.1 Å². The lowest BCUT2D eigenvalue weighted by atomic mass is 9.87. The smallest absolute Gasteiger partial charge is 0.489 e. The van der Waals surface area contributed by atoms with Gasteiger partial charge in [-0.1, -0.05) is 18.2 Å². The number of hydrogen-bond acceptors (Lipinski definition) is 9. The number of piperidine rings is 1. The molecule has 2 N–H and O–H groups in total. The topological polar surface area (TPSA) is 155 Å². The monoisotopic (exact) mass is 652 g/mol. The number of aromatic nitrogens is 1. The second-order valence-corrected chi connectivity index (χ2v) is 12.5. The predicted molar refractivity (Wildman–Crippen MR) is 153 cm³/mol. The van der Waals surface area contributed by atoms with Crippen molar-refractivity contribution in [3.63, 3.8) is 0 Å². The molecule has 4 rings (SSSR count). The number of carbonyl (C=O) groups excluding carboxylic acids is 3. The minimum atomic E-state index is -5.48. The Balaban J connectivity index is 1.58. The molecule has 1 atom stereocenters. The molecule has 1 aliphatic rings. The first-order valence-electron chi connectivity index (χ1n) is 13.8. The van der Waals surface area contributed by atoms with Gasteiger partial charge in [-0.05, 0) is 62.1 Å². The van der Waals surface area contributed by atoms with Crippen LogP contribution in [0.1, 0.15) is 40.9 Å². The van der Waals surface area contributed by atoms with Crippen LogP contribution >= 0.6 is 0 Å². The van der Waals surface area contributed by atoms with Gasteiger partial charge in [0, 0.05) is 35.3 Å². The number of amides is 2. The molecule has 0 bridgehead atoms. The van der Waals surface area contributed by atoms with Crippen LogP contribution in [0.3, 0.4) is 0 Å². The first-order valence-corrected chi connectivity index (χ1v) is 15.6. The Morgan fingerprint density at radius 3 is 2.36 bits per heavy atom. The van der Waals surface area contributed by atoms with Crippen molar-refractivity contribution in [3.05, 3.63) is 71.4 Å². The van der Waals surface area contributed by atoms with E-state index < -0.39 is 52.4 Å². The Hall–Kier alpha value is -4.28. The lowest BCUT2D eigenvalue weighted by molar-refractivity contribution is -0.237. The molecule has 242 valence electrons. The van der Waals surface area contributed by atoms with E-state index in [0.29, 0.717) is 5.75 Å². The number of sulfonamides is 1. The summed E-state index contributed by atoms with van der Waals surface area (Å²) < 4.78 is 70.7. The molecule has 45 heavy (non-hydrogen) atoms. The fourth-order valence-corrected chi connectivity index (χ4v) is 6.04. The third-order valence-corrected chi connectivity index (χ3v) is 8.67. The second-order valence-electron chi connectivity index (χ2n) is 10.6. The number of rotatable bonds is 9. The van der Waals surface area contributed by atoms with E-state index in [1.54, 1.807) is 0 Å². The molecule has 0 saturated carbocycles. The van der Waals surface area contributed by atoms with Crippen LogP contribution < -0.4 is 10.2 Å². The number of fused-ring (bicyclic) bond motifs is 1. The number of pyridine rings is 1. The van der Waals surface area contributed by atoms with E-state index in [1.165, 1.54) is 29.7 Å². The Labute approximate surface area is 256 Å². The molecule has 0 spiro atoms. The van der Waals surface area contributed by atoms with E-state index in [4.69, 9.17) is 9.94 Å². The largest absolute Gasteiger partial charge is 0.493 e. The van der Waals surface area contributed by atoms with Crippen molar-refractivity contribution in [1.82, 2.24) is 19.8 Å². The van der Waals surface area contributed by atoms with Gasteiger partial charge in [-0.15, -0.1) is 0 Å². The van der Waals surface area contributed by atoms with Crippen LogP contribution in [0.25, 0.3) is 10.9 Å². The van der Waals surface area contributed by atoms with Gasteiger partial charge in [-0.25, -0.2) is 23.0 Å². The first kappa shape index (κ1) is 33.6. The third kappa shape index (κ3) is 8.46. The standard InChI is InChI=1S/C29H31F3N4O8S/c1-18-15-21(23-5-3-4-6-24(23)33-18)17-43-22-9-7-20(8-10-22)27(38)36(44-28(39)29(30,31)32)25(16-26(37)34-40)19-11-13-35(14-12-19)45(2,41)42/h3-10,15,19,25,40H,11-14,16-17H2,1-2H3,(H,34,37). The molecule has 2 heterocycles. The average Bonchev–Trinajstić information content (AvgIpc) is 3.00. The van der Waals surface area contributed by atoms with Crippen LogP contribution in [-0.4, -0.2) is 77.3 Å². The van der Waals surface area contributed by atoms with Gasteiger partial charge in [0.05, 0.1) is 24.2 Å². The molecule has 1 aliphatic heterocycles. The summed E-state index contributed by atoms with van der Waals surface area (Å²) in [4.78, 5) is 46.8. The third-order valence-electron chi connectivity index (χ3n) is 7.37. The molecule has 1 fully saturated rings. The summed E-state index contributed by atoms with van der Waals surface area (Å²) in [6.07, 6.45) is -5.16. The molecule has 1 saturated heterocycles. The SMILES string of the molecule is Cc1cc(COc2ccc(C(=O)N(OC(=O)C(F)(F)F)C(CC(=O)NO)C3CCN(S(C)(=O)=O)CC3)cc2)c2ccccc2n1. The summed E-state index contributed by atoms with van der Waals surface area (Å²) >= 11 is 0. The predicted octanol–water partition coefficient (Wildman–Crippen LogP) is 3.52. The van der Waals surface area contributed by atoms with Crippen LogP contribution in [0.5, 0.6) is 5.75 Å². The van der Waals surface area contributed by atoms with Gasteiger partial charge in [0.15, 0.2) is 0 Å². The second kappa shape index (κ2) is 13.8. The van der Waals surface area contributed by atoms with Crippen LogP contribution in [0.2, 0.25) is 0 Å². The molecule has 1 unspecified atom stereocenters. The first-order chi connectivity index (χ1) is 21.2. The summed E-state index contributed by atoms with van der Waals surface area (Å²) in [5.74, 6) is -5.37. The maximum absolute atomic E-state index is 13.6. The Morgan fingerprint density at radius 1 is 1.11 bits per heavy atom. The number of hydrogen-bond donors (Lipinski definition) is 2. The van der Waals surface area contributed by atoms with Crippen molar-refractivity contribution >= 4 is 38.7 Å². The van der Waals surface area contributed by atoms with E-state index in [0.717, 1.165) is 32.7 Å². The Morgan fingerprint density at radius 2 is 1.76 bits per heavy atom. The van der Waals surface area contributed by atoms with Gasteiger partial charge in [-0.2, -0.15) is 18.2 Å². The van der Waals surface area contributed by atoms with Crippen molar-refractivity contribution < 1.29 is 50.8 Å². The van der Waals surface area contributed by atoms with E-state index in [2.05, 4.69) is 9.82 Å². The Kier molecular flexibility index (Phi) is 10.3. The Bertz CT molecular complexity index is 1660. The molecule has 16 heteroatoms. The quantitative estimate of drug-likeness (QED) is 0.261. The maximum atomic E-state index is 13.6. The molecule has 1 aromatic heterocycles. The minimum Gasteiger partial charge on any atom is -0.489 e. The van der Waals surface area contributed by atoms with Crippen molar-refractivity contribution in [3.8, 4) is 5.75 Å². The lowest BCUT2D eigenvalue weighted by Gasteiger charge is -2.39. The highest BCUT2D eigenvalue weighted by Gasteiger charge is 2.46. The van der Waals surface area contributed by atoms with Gasteiger partial charge in [-0.3, -0.25) is 19.8 Å². The zero-order chi connectivity index (χ0) is 32.9. The average molecular weight is 653 g/mol. The summed E-state index contributed by atoms with van der Waals surface area (Å²) in [5.41, 5.74) is 3.61. The highest BCUT2D eigenvalue weighted by atomic mass is 32.2. The van der Waals surface area contributed by atoms with E-state index in [1.807, 2.05) is 37.3 Å². The van der Waals surface area contributed by atoms with Crippen LogP contribution in [0, 0.1) is 12.8 Å². The zero-order valence-corrected chi connectivity index (χ0v) is 25.1. The summed E-state index contributed by atoms with van der Waals surface area (Å²) in [5, 5.41) is 10.2. The van der Waals surface area contributed by atoms with Crippen LogP contribution in [0.15, 0.2) is 54.6 Å². The fourth-order valence-electron chi connectivity index (χ4n) is 5.17. The number of alkyl halides is 3. The van der Waals surface area contributed by atoms with Crippen molar-refractivity contribution in [2.75, 3.05) is 19.3 Å².